The number of thioether (sulfide) groups is 1. The molecule has 0 saturated carbocycles. The highest BCUT2D eigenvalue weighted by Crippen LogP contribution is 2.25. The number of hydrogen-bond acceptors (Lipinski definition) is 5. The van der Waals surface area contributed by atoms with Gasteiger partial charge in [0.1, 0.15) is 11.6 Å². The molecule has 5 heteroatoms. The first kappa shape index (κ1) is 13.7. The summed E-state index contributed by atoms with van der Waals surface area (Å²) in [4.78, 5) is 8.64. The predicted octanol–water partition coefficient (Wildman–Crippen LogP) is 3.65. The standard InChI is InChI=1S/C14H17N3OS/c1-9-5-6-11(7-10(9)2)18-13-8-12(15-3)16-14(17-13)19-4/h5-8H,1-4H3,(H,15,16,17). The second-order valence-corrected chi connectivity index (χ2v) is 4.95. The van der Waals surface area contributed by atoms with Gasteiger partial charge >= 0.3 is 0 Å². The zero-order valence-corrected chi connectivity index (χ0v) is 12.3. The fraction of sp³-hybridized carbons (Fsp3) is 0.286. The molecule has 0 amide bonds. The minimum atomic E-state index is 0.548. The Labute approximate surface area is 117 Å². The van der Waals surface area contributed by atoms with Gasteiger partial charge < -0.3 is 10.1 Å². The molecule has 0 aliphatic heterocycles. The maximum absolute atomic E-state index is 5.79. The number of nitrogens with zero attached hydrogens (tertiary/aromatic N) is 2. The van der Waals surface area contributed by atoms with E-state index in [2.05, 4.69) is 29.1 Å². The van der Waals surface area contributed by atoms with Gasteiger partial charge in [0.25, 0.3) is 0 Å². The van der Waals surface area contributed by atoms with Gasteiger partial charge in [-0.2, -0.15) is 4.98 Å². The Kier molecular flexibility index (Phi) is 4.27. The monoisotopic (exact) mass is 275 g/mol. The molecule has 1 aromatic carbocycles. The predicted molar refractivity (Wildman–Crippen MR) is 79.3 cm³/mol. The smallest absolute Gasteiger partial charge is 0.225 e. The van der Waals surface area contributed by atoms with Crippen molar-refractivity contribution in [2.45, 2.75) is 19.0 Å². The second kappa shape index (κ2) is 5.93. The van der Waals surface area contributed by atoms with E-state index in [-0.39, 0.29) is 0 Å². The van der Waals surface area contributed by atoms with Crippen molar-refractivity contribution in [2.75, 3.05) is 18.6 Å². The largest absolute Gasteiger partial charge is 0.439 e. The lowest BCUT2D eigenvalue weighted by Crippen LogP contribution is -1.98. The summed E-state index contributed by atoms with van der Waals surface area (Å²) in [6.45, 7) is 4.14. The number of anilines is 1. The average molecular weight is 275 g/mol. The van der Waals surface area contributed by atoms with Gasteiger partial charge in [0.2, 0.25) is 5.88 Å². The number of nitrogens with one attached hydrogen (secondary N) is 1. The first-order valence-electron chi connectivity index (χ1n) is 5.98. The topological polar surface area (TPSA) is 47.0 Å². The molecule has 0 unspecified atom stereocenters. The summed E-state index contributed by atoms with van der Waals surface area (Å²) in [5, 5.41) is 3.69. The number of benzene rings is 1. The van der Waals surface area contributed by atoms with Gasteiger partial charge in [0, 0.05) is 13.1 Å². The van der Waals surface area contributed by atoms with Crippen LogP contribution in [0.2, 0.25) is 0 Å². The lowest BCUT2D eigenvalue weighted by molar-refractivity contribution is 0.455. The Bertz CT molecular complexity index is 565. The Morgan fingerprint density at radius 3 is 2.53 bits per heavy atom. The lowest BCUT2D eigenvalue weighted by Gasteiger charge is -2.09. The van der Waals surface area contributed by atoms with Crippen molar-refractivity contribution in [2.24, 2.45) is 0 Å². The molecule has 0 atom stereocenters. The van der Waals surface area contributed by atoms with Crippen molar-refractivity contribution >= 4 is 17.6 Å². The molecule has 0 spiro atoms. The van der Waals surface area contributed by atoms with Crippen LogP contribution < -0.4 is 10.1 Å². The average Bonchev–Trinajstić information content (AvgIpc) is 2.42. The molecule has 4 nitrogen and oxygen atoms in total. The number of hydrogen-bond donors (Lipinski definition) is 1. The molecule has 1 heterocycles. The summed E-state index contributed by atoms with van der Waals surface area (Å²) in [7, 11) is 1.83. The summed E-state index contributed by atoms with van der Waals surface area (Å²) >= 11 is 1.49. The van der Waals surface area contributed by atoms with Crippen molar-refractivity contribution in [3.8, 4) is 11.6 Å². The van der Waals surface area contributed by atoms with Gasteiger partial charge in [-0.15, -0.1) is 0 Å². The van der Waals surface area contributed by atoms with Crippen LogP contribution in [0.3, 0.4) is 0 Å². The van der Waals surface area contributed by atoms with Crippen LogP contribution in [-0.2, 0) is 0 Å². The molecule has 100 valence electrons. The summed E-state index contributed by atoms with van der Waals surface area (Å²) in [6, 6.07) is 7.78. The van der Waals surface area contributed by atoms with E-state index in [1.807, 2.05) is 31.5 Å². The molecule has 0 radical (unpaired) electrons. The SMILES string of the molecule is CNc1cc(Oc2ccc(C)c(C)c2)nc(SC)n1. The fourth-order valence-corrected chi connectivity index (χ4v) is 1.94. The lowest BCUT2D eigenvalue weighted by atomic mass is 10.1. The highest BCUT2D eigenvalue weighted by atomic mass is 32.2. The van der Waals surface area contributed by atoms with E-state index in [1.165, 1.54) is 22.9 Å². The molecule has 2 rings (SSSR count). The maximum atomic E-state index is 5.79. The van der Waals surface area contributed by atoms with Crippen LogP contribution in [0.1, 0.15) is 11.1 Å². The van der Waals surface area contributed by atoms with E-state index in [0.717, 1.165) is 11.6 Å². The van der Waals surface area contributed by atoms with Crippen LogP contribution in [0.25, 0.3) is 0 Å². The van der Waals surface area contributed by atoms with Crippen LogP contribution in [0.4, 0.5) is 5.82 Å². The molecule has 19 heavy (non-hydrogen) atoms. The summed E-state index contributed by atoms with van der Waals surface area (Å²) in [6.07, 6.45) is 1.94. The van der Waals surface area contributed by atoms with E-state index in [1.54, 1.807) is 6.07 Å². The highest BCUT2D eigenvalue weighted by molar-refractivity contribution is 7.98. The molecule has 0 aliphatic rings. The quantitative estimate of drug-likeness (QED) is 0.681. The molecule has 0 fully saturated rings. The van der Waals surface area contributed by atoms with Gasteiger partial charge in [0.15, 0.2) is 5.16 Å². The molecule has 1 aromatic heterocycles. The third kappa shape index (κ3) is 3.38. The molecule has 1 N–H and O–H groups in total. The Balaban J connectivity index is 2.29. The van der Waals surface area contributed by atoms with Crippen molar-refractivity contribution in [1.29, 1.82) is 0 Å². The third-order valence-corrected chi connectivity index (χ3v) is 3.37. The Morgan fingerprint density at radius 1 is 1.11 bits per heavy atom. The van der Waals surface area contributed by atoms with E-state index >= 15 is 0 Å². The van der Waals surface area contributed by atoms with E-state index in [9.17, 15) is 0 Å². The maximum Gasteiger partial charge on any atom is 0.225 e. The van der Waals surface area contributed by atoms with Crippen molar-refractivity contribution < 1.29 is 4.74 Å². The van der Waals surface area contributed by atoms with Crippen molar-refractivity contribution in [3.05, 3.63) is 35.4 Å². The van der Waals surface area contributed by atoms with Crippen LogP contribution in [0, 0.1) is 13.8 Å². The number of aryl methyl sites for hydroxylation is 2. The first-order valence-corrected chi connectivity index (χ1v) is 7.21. The Morgan fingerprint density at radius 2 is 1.89 bits per heavy atom. The minimum Gasteiger partial charge on any atom is -0.439 e. The molecule has 0 aliphatic carbocycles. The summed E-state index contributed by atoms with van der Waals surface area (Å²) in [5.41, 5.74) is 2.45. The molecule has 0 saturated heterocycles. The van der Waals surface area contributed by atoms with E-state index in [0.29, 0.717) is 11.0 Å². The Hall–Kier alpha value is -1.75. The van der Waals surface area contributed by atoms with Crippen LogP contribution >= 0.6 is 11.8 Å². The van der Waals surface area contributed by atoms with Gasteiger partial charge in [-0.3, -0.25) is 0 Å². The van der Waals surface area contributed by atoms with Crippen LogP contribution in [-0.4, -0.2) is 23.3 Å². The van der Waals surface area contributed by atoms with Gasteiger partial charge in [0.05, 0.1) is 0 Å². The zero-order chi connectivity index (χ0) is 13.8. The molecular weight excluding hydrogens is 258 g/mol. The van der Waals surface area contributed by atoms with E-state index in [4.69, 9.17) is 4.74 Å². The van der Waals surface area contributed by atoms with Gasteiger partial charge in [-0.1, -0.05) is 17.8 Å². The molecule has 2 aromatic rings. The van der Waals surface area contributed by atoms with Crippen LogP contribution in [0.5, 0.6) is 11.6 Å². The van der Waals surface area contributed by atoms with Gasteiger partial charge in [-0.25, -0.2) is 4.98 Å². The van der Waals surface area contributed by atoms with Crippen molar-refractivity contribution in [3.63, 3.8) is 0 Å². The zero-order valence-electron chi connectivity index (χ0n) is 11.5. The minimum absolute atomic E-state index is 0.548. The van der Waals surface area contributed by atoms with E-state index < -0.39 is 0 Å². The van der Waals surface area contributed by atoms with Crippen molar-refractivity contribution in [1.82, 2.24) is 9.97 Å². The highest BCUT2D eigenvalue weighted by Gasteiger charge is 2.06. The second-order valence-electron chi connectivity index (χ2n) is 4.18. The molecule has 0 bridgehead atoms. The van der Waals surface area contributed by atoms with Gasteiger partial charge in [-0.05, 0) is 43.4 Å². The molecular formula is C14H17N3OS. The fourth-order valence-electron chi connectivity index (χ4n) is 1.57. The number of aromatic nitrogens is 2. The third-order valence-electron chi connectivity index (χ3n) is 2.82. The first-order chi connectivity index (χ1) is 9.12. The summed E-state index contributed by atoms with van der Waals surface area (Å²) in [5.74, 6) is 2.08. The number of ether oxygens (including phenoxy) is 1. The summed E-state index contributed by atoms with van der Waals surface area (Å²) < 4.78 is 5.79. The van der Waals surface area contributed by atoms with Crippen LogP contribution in [0.15, 0.2) is 29.4 Å². The number of rotatable bonds is 4. The normalized spacial score (nSPS) is 10.3.